The molecule has 2 aliphatic rings. The van der Waals surface area contributed by atoms with Gasteiger partial charge in [0.15, 0.2) is 5.78 Å². The average molecular weight is 362 g/mol. The predicted molar refractivity (Wildman–Crippen MR) is 89.1 cm³/mol. The molecule has 1 saturated heterocycles. The number of hydrogen-bond acceptors (Lipinski definition) is 3. The van der Waals surface area contributed by atoms with E-state index < -0.39 is 17.6 Å². The molecule has 2 rings (SSSR count). The zero-order valence-electron chi connectivity index (χ0n) is 15.1. The molecule has 1 heterocycles. The van der Waals surface area contributed by atoms with E-state index in [1.807, 2.05) is 13.8 Å². The second-order valence-electron chi connectivity index (χ2n) is 7.33. The van der Waals surface area contributed by atoms with E-state index in [1.54, 1.807) is 0 Å². The molecule has 0 aromatic heterocycles. The molecule has 0 bridgehead atoms. The average Bonchev–Trinajstić information content (AvgIpc) is 3.16. The fraction of sp³-hybridized carbons (Fsp3) is 0.889. The largest absolute Gasteiger partial charge is 0.471 e. The third kappa shape index (κ3) is 4.74. The molecule has 7 heteroatoms. The van der Waals surface area contributed by atoms with Crippen LogP contribution in [0.5, 0.6) is 0 Å². The number of hydrogen-bond donors (Lipinski definition) is 1. The van der Waals surface area contributed by atoms with Gasteiger partial charge >= 0.3 is 12.1 Å². The fourth-order valence-electron chi connectivity index (χ4n) is 3.92. The van der Waals surface area contributed by atoms with Crippen LogP contribution >= 0.6 is 0 Å². The summed E-state index contributed by atoms with van der Waals surface area (Å²) < 4.78 is 38.8. The summed E-state index contributed by atoms with van der Waals surface area (Å²) in [7, 11) is 0. The molecule has 144 valence electrons. The number of nitrogens with one attached hydrogen (secondary N) is 1. The van der Waals surface area contributed by atoms with E-state index in [9.17, 15) is 22.8 Å². The summed E-state index contributed by atoms with van der Waals surface area (Å²) in [5, 5.41) is 3.19. The molecule has 2 atom stereocenters. The monoisotopic (exact) mass is 362 g/mol. The SMILES string of the molecule is CCC(CCCN(C(=O)C(F)(F)F)C1(CC)CC1)C(=O)[C@@H]1CCCN1. The lowest BCUT2D eigenvalue weighted by atomic mass is 9.90. The Kier molecular flexibility index (Phi) is 6.51. The van der Waals surface area contributed by atoms with Crippen molar-refractivity contribution in [3.8, 4) is 0 Å². The minimum atomic E-state index is -4.83. The van der Waals surface area contributed by atoms with Crippen LogP contribution in [0.25, 0.3) is 0 Å². The van der Waals surface area contributed by atoms with E-state index in [1.165, 1.54) is 0 Å². The van der Waals surface area contributed by atoms with Crippen LogP contribution in [-0.2, 0) is 9.59 Å². The van der Waals surface area contributed by atoms with Crippen molar-refractivity contribution in [2.45, 2.75) is 83.0 Å². The Balaban J connectivity index is 1.93. The van der Waals surface area contributed by atoms with Crippen LogP contribution in [-0.4, -0.2) is 47.4 Å². The van der Waals surface area contributed by atoms with E-state index in [2.05, 4.69) is 5.32 Å². The van der Waals surface area contributed by atoms with E-state index in [-0.39, 0.29) is 24.3 Å². The van der Waals surface area contributed by atoms with Crippen LogP contribution in [0.3, 0.4) is 0 Å². The van der Waals surface area contributed by atoms with Gasteiger partial charge in [-0.15, -0.1) is 0 Å². The molecule has 1 N–H and O–H groups in total. The number of carbonyl (C=O) groups is 2. The molecular formula is C18H29F3N2O2. The van der Waals surface area contributed by atoms with Crippen LogP contribution in [0, 0.1) is 5.92 Å². The number of Topliss-reactive ketones (excluding diaryl/α,β-unsaturated/α-hetero) is 1. The number of halogens is 3. The first-order valence-corrected chi connectivity index (χ1v) is 9.41. The topological polar surface area (TPSA) is 49.4 Å². The number of amides is 1. The number of carbonyl (C=O) groups excluding carboxylic acids is 2. The minimum Gasteiger partial charge on any atom is -0.329 e. The summed E-state index contributed by atoms with van der Waals surface area (Å²) in [6, 6.07) is -0.108. The quantitative estimate of drug-likeness (QED) is 0.683. The van der Waals surface area contributed by atoms with Gasteiger partial charge in [0.25, 0.3) is 0 Å². The number of ketones is 1. The van der Waals surface area contributed by atoms with Crippen molar-refractivity contribution >= 4 is 11.7 Å². The zero-order chi connectivity index (χ0) is 18.7. The Morgan fingerprint density at radius 2 is 1.96 bits per heavy atom. The highest BCUT2D eigenvalue weighted by Gasteiger charge is 2.54. The van der Waals surface area contributed by atoms with Gasteiger partial charge < -0.3 is 10.2 Å². The van der Waals surface area contributed by atoms with Gasteiger partial charge in [0.05, 0.1) is 6.04 Å². The normalized spacial score (nSPS) is 23.3. The lowest BCUT2D eigenvalue weighted by Crippen LogP contribution is -2.49. The van der Waals surface area contributed by atoms with Gasteiger partial charge in [0.1, 0.15) is 0 Å². The summed E-state index contributed by atoms with van der Waals surface area (Å²) in [6.45, 7) is 4.69. The van der Waals surface area contributed by atoms with E-state index in [0.717, 1.165) is 24.3 Å². The maximum Gasteiger partial charge on any atom is 0.471 e. The summed E-state index contributed by atoms with van der Waals surface area (Å²) in [5.41, 5.74) is -0.620. The van der Waals surface area contributed by atoms with Gasteiger partial charge in [0, 0.05) is 18.0 Å². The van der Waals surface area contributed by atoms with Crippen molar-refractivity contribution in [3.05, 3.63) is 0 Å². The summed E-state index contributed by atoms with van der Waals surface area (Å²) in [6.07, 6.45) is 0.446. The molecule has 1 aliphatic heterocycles. The zero-order valence-corrected chi connectivity index (χ0v) is 15.1. The highest BCUT2D eigenvalue weighted by Crippen LogP contribution is 2.46. The van der Waals surface area contributed by atoms with Crippen molar-refractivity contribution < 1.29 is 22.8 Å². The fourth-order valence-corrected chi connectivity index (χ4v) is 3.92. The Morgan fingerprint density at radius 3 is 2.40 bits per heavy atom. The second-order valence-corrected chi connectivity index (χ2v) is 7.33. The first kappa shape index (κ1) is 20.2. The smallest absolute Gasteiger partial charge is 0.329 e. The standard InChI is InChI=1S/C18H29F3N2O2/c1-3-13(15(24)14-8-5-11-22-14)7-6-12-23(16(25)18(19,20)21)17(4-2)9-10-17/h13-14,22H,3-12H2,1-2H3/t13?,14-/m0/s1. The van der Waals surface area contributed by atoms with Gasteiger partial charge in [-0.25, -0.2) is 0 Å². The highest BCUT2D eigenvalue weighted by atomic mass is 19.4. The van der Waals surface area contributed by atoms with Crippen molar-refractivity contribution in [1.82, 2.24) is 10.2 Å². The molecule has 1 amide bonds. The Bertz CT molecular complexity index is 483. The van der Waals surface area contributed by atoms with Crippen LogP contribution in [0.2, 0.25) is 0 Å². The molecule has 4 nitrogen and oxygen atoms in total. The maximum absolute atomic E-state index is 12.9. The molecule has 25 heavy (non-hydrogen) atoms. The van der Waals surface area contributed by atoms with Gasteiger partial charge in [-0.2, -0.15) is 13.2 Å². The van der Waals surface area contributed by atoms with Crippen molar-refractivity contribution in [3.63, 3.8) is 0 Å². The predicted octanol–water partition coefficient (Wildman–Crippen LogP) is 3.45. The molecule has 1 aliphatic carbocycles. The number of rotatable bonds is 9. The lowest BCUT2D eigenvalue weighted by Gasteiger charge is -2.32. The first-order chi connectivity index (χ1) is 11.7. The number of alkyl halides is 3. The molecule has 0 aromatic carbocycles. The maximum atomic E-state index is 12.9. The molecule has 2 fully saturated rings. The van der Waals surface area contributed by atoms with Gasteiger partial charge in [-0.1, -0.05) is 13.8 Å². The molecule has 1 saturated carbocycles. The van der Waals surface area contributed by atoms with Gasteiger partial charge in [0.2, 0.25) is 0 Å². The van der Waals surface area contributed by atoms with Crippen LogP contribution in [0.4, 0.5) is 13.2 Å². The van der Waals surface area contributed by atoms with Crippen molar-refractivity contribution in [1.29, 1.82) is 0 Å². The Morgan fingerprint density at radius 1 is 1.28 bits per heavy atom. The molecule has 0 aromatic rings. The summed E-state index contributed by atoms with van der Waals surface area (Å²) in [5.74, 6) is -1.70. The summed E-state index contributed by atoms with van der Waals surface area (Å²) >= 11 is 0. The molecular weight excluding hydrogens is 333 g/mol. The Hall–Kier alpha value is -1.11. The lowest BCUT2D eigenvalue weighted by molar-refractivity contribution is -0.189. The summed E-state index contributed by atoms with van der Waals surface area (Å²) in [4.78, 5) is 25.3. The van der Waals surface area contributed by atoms with Crippen LogP contribution < -0.4 is 5.32 Å². The van der Waals surface area contributed by atoms with E-state index in [0.29, 0.717) is 38.5 Å². The van der Waals surface area contributed by atoms with Gasteiger partial charge in [-0.05, 0) is 57.9 Å². The van der Waals surface area contributed by atoms with E-state index in [4.69, 9.17) is 0 Å². The first-order valence-electron chi connectivity index (χ1n) is 9.41. The molecule has 1 unspecified atom stereocenters. The highest BCUT2D eigenvalue weighted by molar-refractivity contribution is 5.86. The minimum absolute atomic E-state index is 0.0774. The van der Waals surface area contributed by atoms with Gasteiger partial charge in [-0.3, -0.25) is 9.59 Å². The van der Waals surface area contributed by atoms with Crippen molar-refractivity contribution in [2.24, 2.45) is 5.92 Å². The second kappa shape index (κ2) is 8.06. The van der Waals surface area contributed by atoms with E-state index >= 15 is 0 Å². The van der Waals surface area contributed by atoms with Crippen LogP contribution in [0.1, 0.15) is 65.2 Å². The number of nitrogens with zero attached hydrogens (tertiary/aromatic N) is 1. The van der Waals surface area contributed by atoms with Crippen LogP contribution in [0.15, 0.2) is 0 Å². The molecule has 0 radical (unpaired) electrons. The Labute approximate surface area is 147 Å². The third-order valence-electron chi connectivity index (χ3n) is 5.78. The third-order valence-corrected chi connectivity index (χ3v) is 5.78. The van der Waals surface area contributed by atoms with Crippen molar-refractivity contribution in [2.75, 3.05) is 13.1 Å². The molecule has 0 spiro atoms.